The Kier molecular flexibility index (Phi) is 6.49. The molecule has 2 aromatic carbocycles. The van der Waals surface area contributed by atoms with Gasteiger partial charge in [0.2, 0.25) is 0 Å². The molecule has 0 bridgehead atoms. The fourth-order valence-electron chi connectivity index (χ4n) is 3.13. The Bertz CT molecular complexity index is 925. The molecule has 2 amide bonds. The van der Waals surface area contributed by atoms with E-state index in [-0.39, 0.29) is 25.1 Å². The highest BCUT2D eigenvalue weighted by Crippen LogP contribution is 2.30. The van der Waals surface area contributed by atoms with Crippen LogP contribution in [0.25, 0.3) is 0 Å². The van der Waals surface area contributed by atoms with Crippen LogP contribution in [-0.4, -0.2) is 18.6 Å². The Morgan fingerprint density at radius 2 is 1.83 bits per heavy atom. The predicted octanol–water partition coefficient (Wildman–Crippen LogP) is 3.99. The molecule has 2 N–H and O–H groups in total. The van der Waals surface area contributed by atoms with Gasteiger partial charge in [-0.3, -0.25) is 0 Å². The van der Waals surface area contributed by atoms with Gasteiger partial charge in [-0.05, 0) is 37.1 Å². The molecular formula is C22H23FN2O4. The number of benzene rings is 2. The number of hydrogen-bond acceptors (Lipinski definition) is 4. The number of allylic oxidation sites excluding steroid dienone is 1. The summed E-state index contributed by atoms with van der Waals surface area (Å²) in [7, 11) is 0. The van der Waals surface area contributed by atoms with Gasteiger partial charge in [0, 0.05) is 11.3 Å². The highest BCUT2D eigenvalue weighted by molar-refractivity contribution is 5.95. The molecule has 7 heteroatoms. The quantitative estimate of drug-likeness (QED) is 0.692. The van der Waals surface area contributed by atoms with Gasteiger partial charge in [0.1, 0.15) is 18.2 Å². The minimum absolute atomic E-state index is 0.101. The monoisotopic (exact) mass is 398 g/mol. The maximum atomic E-state index is 13.7. The van der Waals surface area contributed by atoms with Gasteiger partial charge in [0.25, 0.3) is 0 Å². The van der Waals surface area contributed by atoms with Crippen LogP contribution in [0, 0.1) is 5.82 Å². The van der Waals surface area contributed by atoms with Crippen LogP contribution >= 0.6 is 0 Å². The number of nitrogens with one attached hydrogen (secondary N) is 2. The van der Waals surface area contributed by atoms with Gasteiger partial charge < -0.3 is 20.1 Å². The lowest BCUT2D eigenvalue weighted by atomic mass is 9.94. The number of ether oxygens (including phenoxy) is 2. The number of rotatable bonds is 7. The molecular weight excluding hydrogens is 375 g/mol. The molecule has 0 aromatic heterocycles. The van der Waals surface area contributed by atoms with E-state index >= 15 is 0 Å². The van der Waals surface area contributed by atoms with Crippen LogP contribution in [-0.2, 0) is 16.1 Å². The summed E-state index contributed by atoms with van der Waals surface area (Å²) >= 11 is 0. The average molecular weight is 398 g/mol. The van der Waals surface area contributed by atoms with Crippen molar-refractivity contribution in [3.63, 3.8) is 0 Å². The van der Waals surface area contributed by atoms with Gasteiger partial charge in [0.15, 0.2) is 0 Å². The molecule has 29 heavy (non-hydrogen) atoms. The minimum atomic E-state index is -0.627. The van der Waals surface area contributed by atoms with Gasteiger partial charge in [-0.1, -0.05) is 37.3 Å². The fourth-order valence-corrected chi connectivity index (χ4v) is 3.13. The second-order valence-corrected chi connectivity index (χ2v) is 6.45. The lowest BCUT2D eigenvalue weighted by Gasteiger charge is -2.29. The fraction of sp³-hybridized carbons (Fsp3) is 0.273. The highest BCUT2D eigenvalue weighted by atomic mass is 19.1. The van der Waals surface area contributed by atoms with Crippen molar-refractivity contribution in [2.45, 2.75) is 32.9 Å². The van der Waals surface area contributed by atoms with E-state index in [0.717, 1.165) is 0 Å². The first-order valence-electron chi connectivity index (χ1n) is 9.47. The van der Waals surface area contributed by atoms with Gasteiger partial charge in [-0.15, -0.1) is 0 Å². The van der Waals surface area contributed by atoms with E-state index in [1.54, 1.807) is 49.4 Å². The maximum absolute atomic E-state index is 13.7. The van der Waals surface area contributed by atoms with Crippen LogP contribution < -0.4 is 15.4 Å². The van der Waals surface area contributed by atoms with E-state index in [1.165, 1.54) is 6.07 Å². The summed E-state index contributed by atoms with van der Waals surface area (Å²) < 4.78 is 24.5. The molecule has 1 atom stereocenters. The van der Waals surface area contributed by atoms with Crippen LogP contribution in [0.15, 0.2) is 59.8 Å². The summed E-state index contributed by atoms with van der Waals surface area (Å²) in [4.78, 5) is 24.5. The zero-order valence-corrected chi connectivity index (χ0v) is 16.3. The average Bonchev–Trinajstić information content (AvgIpc) is 2.73. The minimum Gasteiger partial charge on any atom is -0.489 e. The van der Waals surface area contributed by atoms with Gasteiger partial charge >= 0.3 is 12.0 Å². The smallest absolute Gasteiger partial charge is 0.338 e. The number of hydrogen-bond donors (Lipinski definition) is 2. The Balaban J connectivity index is 1.80. The molecule has 0 aliphatic carbocycles. The third-order valence-corrected chi connectivity index (χ3v) is 4.57. The maximum Gasteiger partial charge on any atom is 0.338 e. The van der Waals surface area contributed by atoms with Crippen molar-refractivity contribution in [2.75, 3.05) is 6.61 Å². The first-order chi connectivity index (χ1) is 14.0. The summed E-state index contributed by atoms with van der Waals surface area (Å²) in [6, 6.07) is 12.4. The van der Waals surface area contributed by atoms with Gasteiger partial charge in [-0.25, -0.2) is 14.0 Å². The van der Waals surface area contributed by atoms with Crippen LogP contribution in [0.3, 0.4) is 0 Å². The Morgan fingerprint density at radius 3 is 2.48 bits per heavy atom. The molecule has 0 spiro atoms. The molecule has 3 rings (SSSR count). The lowest BCUT2D eigenvalue weighted by molar-refractivity contribution is -0.139. The van der Waals surface area contributed by atoms with Crippen LogP contribution in [0.4, 0.5) is 9.18 Å². The third-order valence-electron chi connectivity index (χ3n) is 4.57. The second kappa shape index (κ2) is 9.23. The molecule has 152 valence electrons. The first-order valence-corrected chi connectivity index (χ1v) is 9.47. The number of carbonyl (C=O) groups is 2. The van der Waals surface area contributed by atoms with Crippen molar-refractivity contribution in [3.05, 3.63) is 76.7 Å². The number of carbonyl (C=O) groups excluding carboxylic acids is 2. The number of esters is 1. The summed E-state index contributed by atoms with van der Waals surface area (Å²) in [5.41, 5.74) is 2.10. The summed E-state index contributed by atoms with van der Waals surface area (Å²) in [6.07, 6.45) is 0.488. The predicted molar refractivity (Wildman–Crippen MR) is 106 cm³/mol. The van der Waals surface area contributed by atoms with Crippen molar-refractivity contribution in [3.8, 4) is 5.75 Å². The standard InChI is InChI=1S/C22H23FN2O4/c1-3-18-19(21(26)28-4-2)20(25-22(27)24-18)14-9-11-16(12-10-14)29-13-15-7-5-6-8-17(15)23/h5-12,20H,3-4,13H2,1-2H3,(H2,24,25,27). The Hall–Kier alpha value is -3.35. The van der Waals surface area contributed by atoms with Crippen molar-refractivity contribution < 1.29 is 23.5 Å². The van der Waals surface area contributed by atoms with Gasteiger partial charge in [0.05, 0.1) is 18.2 Å². The molecule has 6 nitrogen and oxygen atoms in total. The molecule has 1 heterocycles. The molecule has 0 fully saturated rings. The number of halogens is 1. The molecule has 2 aromatic rings. The van der Waals surface area contributed by atoms with E-state index in [1.807, 2.05) is 6.92 Å². The normalized spacial score (nSPS) is 16.1. The van der Waals surface area contributed by atoms with Crippen molar-refractivity contribution in [2.24, 2.45) is 0 Å². The number of amides is 2. The zero-order chi connectivity index (χ0) is 20.8. The lowest BCUT2D eigenvalue weighted by Crippen LogP contribution is -2.45. The van der Waals surface area contributed by atoms with E-state index in [0.29, 0.717) is 34.6 Å². The number of urea groups is 1. The van der Waals surface area contributed by atoms with Crippen LogP contribution in [0.1, 0.15) is 37.4 Å². The highest BCUT2D eigenvalue weighted by Gasteiger charge is 2.32. The third kappa shape index (κ3) is 4.74. The van der Waals surface area contributed by atoms with Crippen LogP contribution in [0.5, 0.6) is 5.75 Å². The molecule has 0 saturated carbocycles. The second-order valence-electron chi connectivity index (χ2n) is 6.45. The van der Waals surface area contributed by atoms with Crippen molar-refractivity contribution in [1.29, 1.82) is 0 Å². The largest absolute Gasteiger partial charge is 0.489 e. The van der Waals surface area contributed by atoms with Gasteiger partial charge in [-0.2, -0.15) is 0 Å². The zero-order valence-electron chi connectivity index (χ0n) is 16.3. The summed E-state index contributed by atoms with van der Waals surface area (Å²) in [5, 5.41) is 5.45. The van der Waals surface area contributed by atoms with Crippen molar-refractivity contribution >= 4 is 12.0 Å². The molecule has 1 aliphatic heterocycles. The SMILES string of the molecule is CCOC(=O)C1=C(CC)NC(=O)NC1c1ccc(OCc2ccccc2F)cc1. The first kappa shape index (κ1) is 20.4. The van der Waals surface area contributed by atoms with E-state index in [2.05, 4.69) is 10.6 Å². The molecule has 0 radical (unpaired) electrons. The Labute approximate surface area is 168 Å². The molecule has 1 aliphatic rings. The topological polar surface area (TPSA) is 76.7 Å². The molecule has 0 saturated heterocycles. The van der Waals surface area contributed by atoms with E-state index < -0.39 is 12.0 Å². The van der Waals surface area contributed by atoms with E-state index in [4.69, 9.17) is 9.47 Å². The van der Waals surface area contributed by atoms with Crippen molar-refractivity contribution in [1.82, 2.24) is 10.6 Å². The summed E-state index contributed by atoms with van der Waals surface area (Å²) in [5.74, 6) is -0.241. The van der Waals surface area contributed by atoms with E-state index in [9.17, 15) is 14.0 Å². The molecule has 1 unspecified atom stereocenters. The Morgan fingerprint density at radius 1 is 1.10 bits per heavy atom. The van der Waals surface area contributed by atoms with Crippen LogP contribution in [0.2, 0.25) is 0 Å². The summed E-state index contributed by atoms with van der Waals surface area (Å²) in [6.45, 7) is 3.93.